The van der Waals surface area contributed by atoms with E-state index in [0.29, 0.717) is 48.1 Å². The van der Waals surface area contributed by atoms with Gasteiger partial charge in [-0.3, -0.25) is 0 Å². The highest BCUT2D eigenvalue weighted by molar-refractivity contribution is 5.87. The monoisotopic (exact) mass is 541 g/mol. The predicted molar refractivity (Wildman–Crippen MR) is 143 cm³/mol. The van der Waals surface area contributed by atoms with E-state index < -0.39 is 6.10 Å². The van der Waals surface area contributed by atoms with Crippen LogP contribution in [0.3, 0.4) is 0 Å². The van der Waals surface area contributed by atoms with Gasteiger partial charge in [-0.2, -0.15) is 0 Å². The molecule has 1 N–H and O–H groups in total. The number of nitrogens with zero attached hydrogens (tertiary/aromatic N) is 3. The number of likely N-dealkylation sites (tertiary alicyclic amines) is 1. The molecule has 4 aromatic rings. The van der Waals surface area contributed by atoms with E-state index >= 15 is 0 Å². The second kappa shape index (κ2) is 11.2. The van der Waals surface area contributed by atoms with E-state index in [2.05, 4.69) is 27.2 Å². The molecule has 9 nitrogen and oxygen atoms in total. The number of halogens is 1. The molecule has 2 aliphatic heterocycles. The summed E-state index contributed by atoms with van der Waals surface area (Å²) < 4.78 is 28.6. The van der Waals surface area contributed by atoms with Crippen molar-refractivity contribution < 1.29 is 28.2 Å². The van der Waals surface area contributed by atoms with Crippen molar-refractivity contribution >= 4 is 23.4 Å². The number of rotatable bonds is 8. The maximum atomic E-state index is 10.7. The number of hydrogen-bond donors (Lipinski definition) is 1. The molecule has 0 aliphatic carbocycles. The SMILES string of the molecule is CC(C)c1nnc(-c2cc3c(OC[C@@H](O)CN4CCC(c5ccc6c(c5)OCO6)CC4)cccc3o2)o1.Cl. The van der Waals surface area contributed by atoms with Crippen LogP contribution in [0.2, 0.25) is 0 Å². The molecule has 6 rings (SSSR count). The summed E-state index contributed by atoms with van der Waals surface area (Å²) in [6.45, 7) is 6.91. The lowest BCUT2D eigenvalue weighted by atomic mass is 9.89. The van der Waals surface area contributed by atoms with Crippen LogP contribution in [-0.2, 0) is 0 Å². The van der Waals surface area contributed by atoms with Gasteiger partial charge in [-0.1, -0.05) is 26.0 Å². The Balaban J connectivity index is 0.00000294. The number of furan rings is 1. The van der Waals surface area contributed by atoms with Crippen LogP contribution in [0.1, 0.15) is 50.0 Å². The Morgan fingerprint density at radius 3 is 2.63 bits per heavy atom. The Kier molecular flexibility index (Phi) is 7.78. The lowest BCUT2D eigenvalue weighted by Gasteiger charge is -2.33. The first-order chi connectivity index (χ1) is 18.0. The minimum Gasteiger partial charge on any atom is -0.490 e. The summed E-state index contributed by atoms with van der Waals surface area (Å²) >= 11 is 0. The van der Waals surface area contributed by atoms with Gasteiger partial charge in [-0.25, -0.2) is 0 Å². The first kappa shape index (κ1) is 26.3. The molecule has 0 unspecified atom stereocenters. The smallest absolute Gasteiger partial charge is 0.283 e. The lowest BCUT2D eigenvalue weighted by molar-refractivity contribution is 0.0599. The van der Waals surface area contributed by atoms with Gasteiger partial charge in [-0.15, -0.1) is 22.6 Å². The maximum absolute atomic E-state index is 10.7. The zero-order valence-electron chi connectivity index (χ0n) is 21.5. The molecule has 2 aromatic heterocycles. The zero-order chi connectivity index (χ0) is 25.4. The van der Waals surface area contributed by atoms with Crippen molar-refractivity contribution in [2.75, 3.05) is 33.0 Å². The Bertz CT molecular complexity index is 1380. The van der Waals surface area contributed by atoms with Crippen molar-refractivity contribution in [2.24, 2.45) is 0 Å². The van der Waals surface area contributed by atoms with Gasteiger partial charge in [0, 0.05) is 18.5 Å². The number of hydrogen-bond acceptors (Lipinski definition) is 9. The number of piperidine rings is 1. The molecule has 1 fully saturated rings. The Morgan fingerprint density at radius 1 is 1.03 bits per heavy atom. The Hall–Kier alpha value is -3.27. The molecule has 1 atom stereocenters. The van der Waals surface area contributed by atoms with E-state index in [9.17, 15) is 5.11 Å². The molecule has 0 amide bonds. The van der Waals surface area contributed by atoms with Crippen molar-refractivity contribution in [3.8, 4) is 28.9 Å². The van der Waals surface area contributed by atoms with Crippen LogP contribution >= 0.6 is 12.4 Å². The number of ether oxygens (including phenoxy) is 3. The van der Waals surface area contributed by atoms with Crippen molar-refractivity contribution in [2.45, 2.75) is 44.6 Å². The van der Waals surface area contributed by atoms with Crippen LogP contribution in [-0.4, -0.2) is 59.3 Å². The van der Waals surface area contributed by atoms with Crippen LogP contribution in [0.5, 0.6) is 17.2 Å². The van der Waals surface area contributed by atoms with E-state index in [4.69, 9.17) is 23.0 Å². The second-order valence-corrected chi connectivity index (χ2v) is 10.0. The molecule has 0 spiro atoms. The van der Waals surface area contributed by atoms with Crippen molar-refractivity contribution in [1.82, 2.24) is 15.1 Å². The highest BCUT2D eigenvalue weighted by Gasteiger charge is 2.25. The minimum absolute atomic E-state index is 0. The first-order valence-electron chi connectivity index (χ1n) is 12.8. The van der Waals surface area contributed by atoms with E-state index in [0.717, 1.165) is 42.8 Å². The number of aromatic nitrogens is 2. The van der Waals surface area contributed by atoms with Crippen molar-refractivity contribution in [3.05, 3.63) is 53.9 Å². The van der Waals surface area contributed by atoms with Gasteiger partial charge in [-0.05, 0) is 61.7 Å². The number of aliphatic hydroxyl groups is 1. The number of benzene rings is 2. The van der Waals surface area contributed by atoms with Gasteiger partial charge in [0.15, 0.2) is 17.3 Å². The van der Waals surface area contributed by atoms with Gasteiger partial charge < -0.3 is 33.1 Å². The quantitative estimate of drug-likeness (QED) is 0.315. The summed E-state index contributed by atoms with van der Waals surface area (Å²) in [4.78, 5) is 2.30. The molecule has 1 saturated heterocycles. The molecular weight excluding hydrogens is 510 g/mol. The summed E-state index contributed by atoms with van der Waals surface area (Å²) in [5, 5.41) is 19.7. The molecule has 2 aromatic carbocycles. The van der Waals surface area contributed by atoms with E-state index in [1.165, 1.54) is 5.56 Å². The van der Waals surface area contributed by atoms with E-state index in [1.807, 2.05) is 44.2 Å². The molecule has 0 saturated carbocycles. The molecule has 4 heterocycles. The van der Waals surface area contributed by atoms with Gasteiger partial charge in [0.25, 0.3) is 5.89 Å². The highest BCUT2D eigenvalue weighted by Crippen LogP contribution is 2.37. The topological polar surface area (TPSA) is 103 Å². The fraction of sp³-hybridized carbons (Fsp3) is 0.429. The van der Waals surface area contributed by atoms with Gasteiger partial charge in [0.05, 0.1) is 5.39 Å². The van der Waals surface area contributed by atoms with Crippen LogP contribution in [0, 0.1) is 0 Å². The fourth-order valence-corrected chi connectivity index (χ4v) is 4.99. The summed E-state index contributed by atoms with van der Waals surface area (Å²) in [5.41, 5.74) is 1.96. The fourth-order valence-electron chi connectivity index (χ4n) is 4.99. The van der Waals surface area contributed by atoms with Gasteiger partial charge >= 0.3 is 0 Å². The van der Waals surface area contributed by atoms with Gasteiger partial charge in [0.2, 0.25) is 12.7 Å². The van der Waals surface area contributed by atoms with E-state index in [1.54, 1.807) is 0 Å². The zero-order valence-corrected chi connectivity index (χ0v) is 22.3. The first-order valence-corrected chi connectivity index (χ1v) is 12.8. The number of β-amino-alcohol motifs (C(OH)–C–C–N with tert-alkyl or cyclic N) is 1. The third-order valence-electron chi connectivity index (χ3n) is 7.02. The summed E-state index contributed by atoms with van der Waals surface area (Å²) in [6.07, 6.45) is 1.48. The minimum atomic E-state index is -0.603. The third kappa shape index (κ3) is 5.45. The predicted octanol–water partition coefficient (Wildman–Crippen LogP) is 5.38. The molecule has 0 radical (unpaired) electrons. The molecule has 10 heteroatoms. The summed E-state index contributed by atoms with van der Waals surface area (Å²) in [5.74, 6) is 4.34. The van der Waals surface area contributed by atoms with Crippen molar-refractivity contribution in [1.29, 1.82) is 0 Å². The average Bonchev–Trinajstić information content (AvgIpc) is 3.66. The maximum Gasteiger partial charge on any atom is 0.283 e. The number of fused-ring (bicyclic) bond motifs is 2. The standard InChI is InChI=1S/C28H31N3O6.ClH/c1-17(2)27-29-30-28(37-27)26-13-21-22(4-3-5-23(21)36-26)33-15-20(32)14-31-10-8-18(9-11-31)19-6-7-24-25(12-19)35-16-34-24;/h3-7,12-13,17-18,20,32H,8-11,14-16H2,1-2H3;1H/t20-;/m0./s1. The number of aliphatic hydroxyl groups excluding tert-OH is 1. The molecule has 202 valence electrons. The largest absolute Gasteiger partial charge is 0.490 e. The average molecular weight is 542 g/mol. The molecule has 38 heavy (non-hydrogen) atoms. The van der Waals surface area contributed by atoms with Gasteiger partial charge in [0.1, 0.15) is 24.0 Å². The van der Waals surface area contributed by atoms with Crippen LogP contribution < -0.4 is 14.2 Å². The summed E-state index contributed by atoms with van der Waals surface area (Å²) in [7, 11) is 0. The van der Waals surface area contributed by atoms with Crippen LogP contribution in [0.15, 0.2) is 51.3 Å². The summed E-state index contributed by atoms with van der Waals surface area (Å²) in [6, 6.07) is 13.7. The molecular formula is C28H32ClN3O6. The van der Waals surface area contributed by atoms with Crippen LogP contribution in [0.25, 0.3) is 22.6 Å². The van der Waals surface area contributed by atoms with E-state index in [-0.39, 0.29) is 24.9 Å². The normalized spacial score (nSPS) is 16.6. The highest BCUT2D eigenvalue weighted by atomic mass is 35.5. The second-order valence-electron chi connectivity index (χ2n) is 10.0. The molecule has 0 bridgehead atoms. The Morgan fingerprint density at radius 2 is 1.84 bits per heavy atom. The lowest BCUT2D eigenvalue weighted by Crippen LogP contribution is -2.40. The van der Waals surface area contributed by atoms with Crippen LogP contribution in [0.4, 0.5) is 0 Å². The third-order valence-corrected chi connectivity index (χ3v) is 7.02. The molecule has 2 aliphatic rings. The van der Waals surface area contributed by atoms with Crippen molar-refractivity contribution in [3.63, 3.8) is 0 Å². The Labute approximate surface area is 227 Å².